The third-order valence-corrected chi connectivity index (χ3v) is 7.93. The number of aromatic nitrogens is 2. The number of hydrogen-bond acceptors (Lipinski definition) is 6. The largest absolute Gasteiger partial charge is 0.391 e. The van der Waals surface area contributed by atoms with E-state index in [9.17, 15) is 14.7 Å². The van der Waals surface area contributed by atoms with Gasteiger partial charge in [-0.05, 0) is 50.0 Å². The number of hydrogen-bond donors (Lipinski definition) is 3. The van der Waals surface area contributed by atoms with E-state index in [1.165, 1.54) is 41.5 Å². The number of amides is 1. The van der Waals surface area contributed by atoms with Crippen LogP contribution in [0.3, 0.4) is 0 Å². The molecule has 2 aliphatic carbocycles. The molecule has 0 aliphatic heterocycles. The molecule has 8 heteroatoms. The number of nitrogens with one attached hydrogen (secondary N) is 2. The number of rotatable bonds is 7. The number of aryl methyl sites for hydroxylation is 2. The van der Waals surface area contributed by atoms with Gasteiger partial charge in [-0.3, -0.25) is 9.59 Å². The van der Waals surface area contributed by atoms with E-state index in [4.69, 9.17) is 0 Å². The normalized spacial score (nSPS) is 18.3. The lowest BCUT2D eigenvalue weighted by Crippen LogP contribution is -2.36. The van der Waals surface area contributed by atoms with Crippen molar-refractivity contribution in [2.24, 2.45) is 5.92 Å². The molecule has 2 heterocycles. The van der Waals surface area contributed by atoms with E-state index in [0.29, 0.717) is 29.8 Å². The Morgan fingerprint density at radius 3 is 2.89 bits per heavy atom. The van der Waals surface area contributed by atoms with Gasteiger partial charge in [-0.25, -0.2) is 4.98 Å². The van der Waals surface area contributed by atoms with Crippen molar-refractivity contribution in [3.8, 4) is 0 Å². The van der Waals surface area contributed by atoms with Crippen molar-refractivity contribution in [3.05, 3.63) is 26.6 Å². The molecule has 4 rings (SSSR count). The molecular formula is C20H27N3O3S2. The fourth-order valence-electron chi connectivity index (χ4n) is 4.30. The molecule has 1 amide bonds. The van der Waals surface area contributed by atoms with Gasteiger partial charge in [0.1, 0.15) is 10.7 Å². The molecule has 0 saturated heterocycles. The van der Waals surface area contributed by atoms with E-state index in [2.05, 4.69) is 15.3 Å². The Kier molecular flexibility index (Phi) is 6.38. The Bertz CT molecular complexity index is 902. The highest BCUT2D eigenvalue weighted by Crippen LogP contribution is 2.33. The van der Waals surface area contributed by atoms with E-state index >= 15 is 0 Å². The summed E-state index contributed by atoms with van der Waals surface area (Å²) in [5.41, 5.74) is 1.14. The van der Waals surface area contributed by atoms with Crippen molar-refractivity contribution in [2.75, 3.05) is 12.3 Å². The molecule has 1 atom stereocenters. The van der Waals surface area contributed by atoms with E-state index in [1.54, 1.807) is 11.3 Å². The summed E-state index contributed by atoms with van der Waals surface area (Å²) in [5, 5.41) is 13.7. The van der Waals surface area contributed by atoms with Crippen molar-refractivity contribution in [1.29, 1.82) is 0 Å². The van der Waals surface area contributed by atoms with Crippen LogP contribution in [-0.4, -0.2) is 39.4 Å². The predicted molar refractivity (Wildman–Crippen MR) is 114 cm³/mol. The predicted octanol–water partition coefficient (Wildman–Crippen LogP) is 2.76. The standard InChI is InChI=1S/C20H27N3O3S2/c24-14(12-5-1-2-6-12)9-21-17(25)11-27-10-16-22-19(26)18-13-7-3-4-8-15(13)28-20(18)23-16/h12,14,24H,1-11H2,(H,21,25)(H,22,23,26). The highest BCUT2D eigenvalue weighted by Gasteiger charge is 2.23. The van der Waals surface area contributed by atoms with Crippen LogP contribution >= 0.6 is 23.1 Å². The van der Waals surface area contributed by atoms with Gasteiger partial charge < -0.3 is 15.4 Å². The maximum Gasteiger partial charge on any atom is 0.259 e. The summed E-state index contributed by atoms with van der Waals surface area (Å²) in [5.74, 6) is 1.65. The highest BCUT2D eigenvalue weighted by molar-refractivity contribution is 7.99. The average molecular weight is 422 g/mol. The van der Waals surface area contributed by atoms with Gasteiger partial charge in [0.05, 0.1) is 23.0 Å². The monoisotopic (exact) mass is 421 g/mol. The third kappa shape index (κ3) is 4.44. The number of thiophene rings is 1. The smallest absolute Gasteiger partial charge is 0.259 e. The molecule has 28 heavy (non-hydrogen) atoms. The summed E-state index contributed by atoms with van der Waals surface area (Å²) >= 11 is 3.07. The fourth-order valence-corrected chi connectivity index (χ4v) is 6.30. The summed E-state index contributed by atoms with van der Waals surface area (Å²) in [6.45, 7) is 0.325. The molecule has 1 saturated carbocycles. The first kappa shape index (κ1) is 19.9. The maximum atomic E-state index is 12.5. The molecule has 0 bridgehead atoms. The number of H-pyrrole nitrogens is 1. The number of carbonyl (C=O) groups excluding carboxylic acids is 1. The van der Waals surface area contributed by atoms with E-state index in [-0.39, 0.29) is 11.5 Å². The molecule has 152 valence electrons. The van der Waals surface area contributed by atoms with Gasteiger partial charge in [-0.2, -0.15) is 0 Å². The second-order valence-electron chi connectivity index (χ2n) is 7.81. The number of nitrogens with zero attached hydrogens (tertiary/aromatic N) is 1. The van der Waals surface area contributed by atoms with Gasteiger partial charge in [0.15, 0.2) is 0 Å². The minimum Gasteiger partial charge on any atom is -0.391 e. The quantitative estimate of drug-likeness (QED) is 0.639. The second-order valence-corrected chi connectivity index (χ2v) is 9.88. The van der Waals surface area contributed by atoms with Crippen LogP contribution in [0.25, 0.3) is 10.2 Å². The van der Waals surface area contributed by atoms with Gasteiger partial charge in [-0.1, -0.05) is 12.8 Å². The second kappa shape index (κ2) is 8.97. The molecular weight excluding hydrogens is 394 g/mol. The topological polar surface area (TPSA) is 95.1 Å². The van der Waals surface area contributed by atoms with E-state index in [1.807, 2.05) is 0 Å². The highest BCUT2D eigenvalue weighted by atomic mass is 32.2. The van der Waals surface area contributed by atoms with Crippen LogP contribution in [0.15, 0.2) is 4.79 Å². The Hall–Kier alpha value is -1.38. The van der Waals surface area contributed by atoms with Crippen molar-refractivity contribution >= 4 is 39.2 Å². The molecule has 6 nitrogen and oxygen atoms in total. The zero-order valence-corrected chi connectivity index (χ0v) is 17.6. The van der Waals surface area contributed by atoms with Crippen LogP contribution in [0.5, 0.6) is 0 Å². The zero-order valence-electron chi connectivity index (χ0n) is 16.0. The molecule has 2 aliphatic rings. The first-order chi connectivity index (χ1) is 13.6. The molecule has 2 aromatic heterocycles. The number of fused-ring (bicyclic) bond motifs is 3. The average Bonchev–Trinajstić information content (AvgIpc) is 3.33. The van der Waals surface area contributed by atoms with E-state index < -0.39 is 6.10 Å². The molecule has 3 N–H and O–H groups in total. The van der Waals surface area contributed by atoms with Crippen LogP contribution in [-0.2, 0) is 23.4 Å². The van der Waals surface area contributed by atoms with Crippen molar-refractivity contribution in [1.82, 2.24) is 15.3 Å². The Balaban J connectivity index is 1.29. The van der Waals surface area contributed by atoms with Crippen LogP contribution in [0.2, 0.25) is 0 Å². The SMILES string of the molecule is O=C(CSCc1nc2sc3c(c2c(=O)[nH]1)CCCC3)NCC(O)C1CCCC1. The van der Waals surface area contributed by atoms with Gasteiger partial charge in [0, 0.05) is 11.4 Å². The molecule has 0 aromatic carbocycles. The number of carbonyl (C=O) groups is 1. The summed E-state index contributed by atoms with van der Waals surface area (Å²) < 4.78 is 0. The maximum absolute atomic E-state index is 12.5. The first-order valence-corrected chi connectivity index (χ1v) is 12.1. The van der Waals surface area contributed by atoms with Gasteiger partial charge >= 0.3 is 0 Å². The van der Waals surface area contributed by atoms with Crippen molar-refractivity contribution < 1.29 is 9.90 Å². The third-order valence-electron chi connectivity index (χ3n) is 5.80. The summed E-state index contributed by atoms with van der Waals surface area (Å²) in [7, 11) is 0. The Labute approximate surface area is 172 Å². The fraction of sp³-hybridized carbons (Fsp3) is 0.650. The number of aromatic amines is 1. The van der Waals surface area contributed by atoms with Crippen LogP contribution in [0.1, 0.15) is 54.8 Å². The van der Waals surface area contributed by atoms with Crippen LogP contribution < -0.4 is 10.9 Å². The Morgan fingerprint density at radius 1 is 1.29 bits per heavy atom. The van der Waals surface area contributed by atoms with Gasteiger partial charge in [0.2, 0.25) is 5.91 Å². The molecule has 1 unspecified atom stereocenters. The minimum absolute atomic E-state index is 0.0517. The first-order valence-electron chi connectivity index (χ1n) is 10.2. The zero-order chi connectivity index (χ0) is 19.5. The minimum atomic E-state index is -0.443. The van der Waals surface area contributed by atoms with Crippen molar-refractivity contribution in [3.63, 3.8) is 0 Å². The number of aliphatic hydroxyl groups excluding tert-OH is 1. The van der Waals surface area contributed by atoms with E-state index in [0.717, 1.165) is 42.3 Å². The van der Waals surface area contributed by atoms with Gasteiger partial charge in [-0.15, -0.1) is 23.1 Å². The van der Waals surface area contributed by atoms with Gasteiger partial charge in [0.25, 0.3) is 5.56 Å². The number of thioether (sulfide) groups is 1. The molecule has 0 radical (unpaired) electrons. The lowest BCUT2D eigenvalue weighted by atomic mass is 9.97. The van der Waals surface area contributed by atoms with Crippen LogP contribution in [0.4, 0.5) is 0 Å². The summed E-state index contributed by atoms with van der Waals surface area (Å²) in [6, 6.07) is 0. The lowest BCUT2D eigenvalue weighted by Gasteiger charge is -2.17. The molecule has 0 spiro atoms. The molecule has 2 aromatic rings. The molecule has 1 fully saturated rings. The van der Waals surface area contributed by atoms with Crippen LogP contribution in [0, 0.1) is 5.92 Å². The van der Waals surface area contributed by atoms with Crippen molar-refractivity contribution in [2.45, 2.75) is 63.2 Å². The Morgan fingerprint density at radius 2 is 2.07 bits per heavy atom. The summed E-state index contributed by atoms with van der Waals surface area (Å²) in [4.78, 5) is 34.2. The number of aliphatic hydroxyl groups is 1. The summed E-state index contributed by atoms with van der Waals surface area (Å²) in [6.07, 6.45) is 8.36. The lowest BCUT2D eigenvalue weighted by molar-refractivity contribution is -0.119.